The third-order valence-corrected chi connectivity index (χ3v) is 10.7. The smallest absolute Gasteiger partial charge is 0.262 e. The van der Waals surface area contributed by atoms with Crippen LogP contribution in [0.15, 0.2) is 91.0 Å². The van der Waals surface area contributed by atoms with Crippen LogP contribution in [0.1, 0.15) is 60.0 Å². The maximum Gasteiger partial charge on any atom is 0.262 e. The summed E-state index contributed by atoms with van der Waals surface area (Å²) in [7, 11) is 2.15. The van der Waals surface area contributed by atoms with Crippen molar-refractivity contribution < 1.29 is 29.3 Å². The van der Waals surface area contributed by atoms with Crippen LogP contribution in [0.5, 0.6) is 17.2 Å². The molecule has 0 aromatic heterocycles. The van der Waals surface area contributed by atoms with Crippen molar-refractivity contribution >= 4 is 17.5 Å². The van der Waals surface area contributed by atoms with Gasteiger partial charge in [0.05, 0.1) is 25.7 Å². The lowest BCUT2D eigenvalue weighted by Gasteiger charge is -2.42. The number of ether oxygens (including phenoxy) is 2. The maximum atomic E-state index is 13.7. The van der Waals surface area contributed by atoms with Crippen molar-refractivity contribution in [2.75, 3.05) is 64.9 Å². The maximum absolute atomic E-state index is 13.7. The quantitative estimate of drug-likeness (QED) is 0.0845. The number of nitrogens with one attached hydrogen (secondary N) is 2. The summed E-state index contributed by atoms with van der Waals surface area (Å²) in [6.45, 7) is 6.42. The molecular weight excluding hydrogens is 668 g/mol. The average molecular weight is 721 g/mol. The van der Waals surface area contributed by atoms with Gasteiger partial charge in [-0.25, -0.2) is 0 Å². The van der Waals surface area contributed by atoms with Gasteiger partial charge in [0, 0.05) is 24.1 Å². The summed E-state index contributed by atoms with van der Waals surface area (Å²) < 4.78 is 11.7. The van der Waals surface area contributed by atoms with Gasteiger partial charge in [-0.15, -0.1) is 0 Å². The van der Waals surface area contributed by atoms with Crippen molar-refractivity contribution in [2.45, 2.75) is 50.5 Å². The second-order valence-corrected chi connectivity index (χ2v) is 14.2. The second kappa shape index (κ2) is 17.7. The molecule has 0 bridgehead atoms. The topological polar surface area (TPSA) is 124 Å². The third-order valence-electron chi connectivity index (χ3n) is 10.7. The fourth-order valence-electron chi connectivity index (χ4n) is 7.59. The fraction of sp³-hybridized carbons (Fsp3) is 0.395. The summed E-state index contributed by atoms with van der Waals surface area (Å²) in [5.74, 6) is 0.544. The Kier molecular flexibility index (Phi) is 12.7. The molecule has 4 N–H and O–H groups in total. The zero-order valence-corrected chi connectivity index (χ0v) is 30.9. The van der Waals surface area contributed by atoms with E-state index in [4.69, 9.17) is 9.47 Å². The lowest BCUT2D eigenvalue weighted by Crippen LogP contribution is -2.41. The molecule has 2 heterocycles. The minimum absolute atomic E-state index is 0.0213. The zero-order chi connectivity index (χ0) is 37.2. The number of benzene rings is 4. The van der Waals surface area contributed by atoms with Gasteiger partial charge >= 0.3 is 0 Å². The predicted octanol–water partition coefficient (Wildman–Crippen LogP) is 5.81. The first kappa shape index (κ1) is 37.8. The van der Waals surface area contributed by atoms with E-state index in [1.54, 1.807) is 12.1 Å². The Morgan fingerprint density at radius 3 is 2.42 bits per heavy atom. The minimum atomic E-state index is -0.294. The molecule has 4 aromatic rings. The Bertz CT molecular complexity index is 1830. The summed E-state index contributed by atoms with van der Waals surface area (Å²) in [6.07, 6.45) is 3.45. The highest BCUT2D eigenvalue weighted by molar-refractivity contribution is 5.97. The lowest BCUT2D eigenvalue weighted by molar-refractivity contribution is -0.134. The molecule has 1 saturated heterocycles. The molecule has 0 spiro atoms. The lowest BCUT2D eigenvalue weighted by atomic mass is 9.67. The molecule has 0 saturated carbocycles. The van der Waals surface area contributed by atoms with Crippen LogP contribution in [-0.4, -0.2) is 91.4 Å². The van der Waals surface area contributed by atoms with Gasteiger partial charge in [-0.05, 0) is 93.7 Å². The van der Waals surface area contributed by atoms with Gasteiger partial charge in [0.1, 0.15) is 17.2 Å². The first-order chi connectivity index (χ1) is 25.7. The molecule has 2 aliphatic rings. The van der Waals surface area contributed by atoms with Crippen LogP contribution in [0, 0.1) is 0 Å². The molecule has 1 atom stereocenters. The summed E-state index contributed by atoms with van der Waals surface area (Å²) in [5.41, 5.74) is 5.34. The van der Waals surface area contributed by atoms with Crippen molar-refractivity contribution in [1.82, 2.24) is 15.1 Å². The first-order valence-corrected chi connectivity index (χ1v) is 18.7. The number of carbonyl (C=O) groups is 2. The normalized spacial score (nSPS) is 15.9. The van der Waals surface area contributed by atoms with E-state index < -0.39 is 0 Å². The largest absolute Gasteiger partial charge is 0.508 e. The van der Waals surface area contributed by atoms with Crippen LogP contribution in [-0.2, 0) is 32.6 Å². The number of rotatable bonds is 16. The van der Waals surface area contributed by atoms with Crippen LogP contribution >= 0.6 is 0 Å². The van der Waals surface area contributed by atoms with E-state index >= 15 is 0 Å². The van der Waals surface area contributed by atoms with E-state index in [1.807, 2.05) is 53.4 Å². The van der Waals surface area contributed by atoms with Gasteiger partial charge in [-0.1, -0.05) is 78.9 Å². The van der Waals surface area contributed by atoms with Gasteiger partial charge in [0.15, 0.2) is 12.4 Å². The number of amides is 2. The number of hydrogen-bond donors (Lipinski definition) is 4. The molecule has 2 aliphatic heterocycles. The number of piperidine rings is 1. The number of aromatic hydroxyl groups is 2. The Morgan fingerprint density at radius 2 is 1.66 bits per heavy atom. The third kappa shape index (κ3) is 9.19. The van der Waals surface area contributed by atoms with Crippen molar-refractivity contribution in [3.63, 3.8) is 0 Å². The Hall–Kier alpha value is -4.90. The SMILES string of the molecule is CC(c1ccccc1)N(CCNCCc1ccc(O)c2c1OCC(=O)N2)C(=O)CCOCCc1ccc(O)c(C2(c3ccccc3)CCN(C)CC2)c1. The fourth-order valence-corrected chi connectivity index (χ4v) is 7.59. The predicted molar refractivity (Wildman–Crippen MR) is 207 cm³/mol. The molecule has 6 rings (SSSR count). The van der Waals surface area contributed by atoms with Crippen molar-refractivity contribution in [3.05, 3.63) is 119 Å². The van der Waals surface area contributed by atoms with E-state index in [0.29, 0.717) is 62.9 Å². The molecule has 280 valence electrons. The summed E-state index contributed by atoms with van der Waals surface area (Å²) >= 11 is 0. The number of nitrogens with zero attached hydrogens (tertiary/aromatic N) is 2. The Balaban J connectivity index is 1.02. The van der Waals surface area contributed by atoms with E-state index in [0.717, 1.165) is 48.2 Å². The molecule has 1 unspecified atom stereocenters. The van der Waals surface area contributed by atoms with E-state index in [-0.39, 0.29) is 42.0 Å². The van der Waals surface area contributed by atoms with Crippen LogP contribution in [0.25, 0.3) is 0 Å². The van der Waals surface area contributed by atoms with Crippen molar-refractivity contribution in [2.24, 2.45) is 0 Å². The molecular formula is C43H52N4O6. The molecule has 0 aliphatic carbocycles. The number of phenols is 2. The minimum Gasteiger partial charge on any atom is -0.508 e. The number of fused-ring (bicyclic) bond motifs is 1. The zero-order valence-electron chi connectivity index (χ0n) is 30.9. The second-order valence-electron chi connectivity index (χ2n) is 14.2. The van der Waals surface area contributed by atoms with Gasteiger partial charge in [-0.2, -0.15) is 0 Å². The number of phenolic OH excluding ortho intramolecular Hbond substituents is 2. The highest BCUT2D eigenvalue weighted by Gasteiger charge is 2.39. The molecule has 4 aromatic carbocycles. The monoisotopic (exact) mass is 720 g/mol. The number of hydrogen-bond acceptors (Lipinski definition) is 8. The van der Waals surface area contributed by atoms with Crippen LogP contribution in [0.3, 0.4) is 0 Å². The van der Waals surface area contributed by atoms with Crippen LogP contribution < -0.4 is 15.4 Å². The van der Waals surface area contributed by atoms with Crippen LogP contribution in [0.2, 0.25) is 0 Å². The number of carbonyl (C=O) groups excluding carboxylic acids is 2. The Labute approximate surface area is 312 Å². The van der Waals surface area contributed by atoms with E-state index in [1.165, 1.54) is 5.56 Å². The summed E-state index contributed by atoms with van der Waals surface area (Å²) in [6, 6.07) is 29.8. The summed E-state index contributed by atoms with van der Waals surface area (Å²) in [5, 5.41) is 27.4. The highest BCUT2D eigenvalue weighted by atomic mass is 16.5. The van der Waals surface area contributed by atoms with E-state index in [9.17, 15) is 19.8 Å². The molecule has 0 radical (unpaired) electrons. The van der Waals surface area contributed by atoms with E-state index in [2.05, 4.69) is 59.8 Å². The van der Waals surface area contributed by atoms with Crippen molar-refractivity contribution in [1.29, 1.82) is 0 Å². The van der Waals surface area contributed by atoms with Gasteiger partial charge in [0.2, 0.25) is 5.91 Å². The number of anilines is 1. The molecule has 10 heteroatoms. The number of likely N-dealkylation sites (tertiary alicyclic amines) is 1. The van der Waals surface area contributed by atoms with Crippen LogP contribution in [0.4, 0.5) is 5.69 Å². The van der Waals surface area contributed by atoms with Crippen molar-refractivity contribution in [3.8, 4) is 17.2 Å². The highest BCUT2D eigenvalue weighted by Crippen LogP contribution is 2.45. The molecule has 53 heavy (non-hydrogen) atoms. The van der Waals surface area contributed by atoms with Gasteiger partial charge in [-0.3, -0.25) is 9.59 Å². The van der Waals surface area contributed by atoms with Gasteiger partial charge in [0.25, 0.3) is 5.91 Å². The molecule has 2 amide bonds. The molecule has 10 nitrogen and oxygen atoms in total. The summed E-state index contributed by atoms with van der Waals surface area (Å²) in [4.78, 5) is 29.7. The molecule has 1 fully saturated rings. The average Bonchev–Trinajstić information content (AvgIpc) is 3.18. The standard InChI is InChI=1S/C43H52N4O6/c1-31(33-9-5-3-6-10-33)47(26-23-44-22-17-34-14-16-38(49)41-42(34)53-30-39(50)45-41)40(51)19-28-52-27-18-32-13-15-37(48)36(29-32)43(20-24-46(2)25-21-43)35-11-7-4-8-12-35/h3-16,29,31,44,48-49H,17-28,30H2,1-2H3,(H,45,50). The Morgan fingerprint density at radius 1 is 0.943 bits per heavy atom. The van der Waals surface area contributed by atoms with Gasteiger partial charge < -0.3 is 40.1 Å². The first-order valence-electron chi connectivity index (χ1n) is 18.7.